The zero-order chi connectivity index (χ0) is 13.6. The topological polar surface area (TPSA) is 59.0 Å². The van der Waals surface area contributed by atoms with Crippen LogP contribution in [0.4, 0.5) is 5.69 Å². The summed E-state index contributed by atoms with van der Waals surface area (Å²) in [6.45, 7) is 4.91. The Bertz CT molecular complexity index is 508. The number of rotatable bonds is 2. The molecule has 0 radical (unpaired) electrons. The van der Waals surface area contributed by atoms with Gasteiger partial charge in [0.15, 0.2) is 0 Å². The number of carbonyl (C=O) groups excluding carboxylic acids is 1. The highest BCUT2D eigenvalue weighted by molar-refractivity contribution is 5.96. The summed E-state index contributed by atoms with van der Waals surface area (Å²) in [5, 5.41) is 10.8. The molecule has 3 unspecified atom stereocenters. The molecule has 5 nitrogen and oxygen atoms in total. The largest absolute Gasteiger partial charge is 0.322 e. The molecule has 2 aliphatic rings. The highest BCUT2D eigenvalue weighted by Crippen LogP contribution is 2.38. The fraction of sp³-hybridized carbons (Fsp3) is 0.714. The van der Waals surface area contributed by atoms with E-state index in [1.807, 2.05) is 25.6 Å². The van der Waals surface area contributed by atoms with E-state index in [1.165, 1.54) is 19.3 Å². The van der Waals surface area contributed by atoms with E-state index in [-0.39, 0.29) is 11.9 Å². The van der Waals surface area contributed by atoms with E-state index in [0.717, 1.165) is 23.6 Å². The van der Waals surface area contributed by atoms with Crippen molar-refractivity contribution in [1.29, 1.82) is 0 Å². The Labute approximate surface area is 113 Å². The number of nitrogens with one attached hydrogen (secondary N) is 2. The number of fused-ring (bicyclic) bond motifs is 1. The molecule has 1 aliphatic heterocycles. The number of hydrogen-bond donors (Lipinski definition) is 2. The summed E-state index contributed by atoms with van der Waals surface area (Å²) in [5.74, 6) is 1.33. The normalized spacial score (nSPS) is 29.5. The number of anilines is 1. The molecule has 0 spiro atoms. The summed E-state index contributed by atoms with van der Waals surface area (Å²) in [7, 11) is 1.90. The fourth-order valence-corrected chi connectivity index (χ4v) is 3.63. The Morgan fingerprint density at radius 3 is 2.89 bits per heavy atom. The van der Waals surface area contributed by atoms with Gasteiger partial charge in [0.05, 0.1) is 23.1 Å². The van der Waals surface area contributed by atoms with E-state index in [9.17, 15) is 4.79 Å². The van der Waals surface area contributed by atoms with E-state index in [0.29, 0.717) is 11.8 Å². The van der Waals surface area contributed by atoms with Gasteiger partial charge in [0.2, 0.25) is 5.91 Å². The quantitative estimate of drug-likeness (QED) is 0.846. The Balaban J connectivity index is 1.75. The summed E-state index contributed by atoms with van der Waals surface area (Å²) >= 11 is 0. The highest BCUT2D eigenvalue weighted by Gasteiger charge is 2.42. The van der Waals surface area contributed by atoms with Gasteiger partial charge in [-0.25, -0.2) is 0 Å². The predicted octanol–water partition coefficient (Wildman–Crippen LogP) is 1.36. The van der Waals surface area contributed by atoms with Gasteiger partial charge >= 0.3 is 0 Å². The van der Waals surface area contributed by atoms with E-state index in [4.69, 9.17) is 0 Å². The highest BCUT2D eigenvalue weighted by atomic mass is 16.2. The maximum absolute atomic E-state index is 12.5. The van der Waals surface area contributed by atoms with Crippen molar-refractivity contribution < 1.29 is 4.79 Å². The smallest absolute Gasteiger partial charge is 0.241 e. The van der Waals surface area contributed by atoms with E-state index < -0.39 is 0 Å². The number of amides is 1. The van der Waals surface area contributed by atoms with Crippen molar-refractivity contribution in [2.45, 2.75) is 39.2 Å². The van der Waals surface area contributed by atoms with Crippen molar-refractivity contribution in [1.82, 2.24) is 15.1 Å². The maximum atomic E-state index is 12.5. The van der Waals surface area contributed by atoms with E-state index in [2.05, 4.69) is 15.7 Å². The van der Waals surface area contributed by atoms with Crippen molar-refractivity contribution in [2.24, 2.45) is 18.9 Å². The second kappa shape index (κ2) is 4.63. The lowest BCUT2D eigenvalue weighted by Gasteiger charge is -2.17. The van der Waals surface area contributed by atoms with Crippen LogP contribution in [0.15, 0.2) is 0 Å². The molecule has 3 rings (SSSR count). The van der Waals surface area contributed by atoms with Gasteiger partial charge in [0.25, 0.3) is 0 Å². The second-order valence-electron chi connectivity index (χ2n) is 5.90. The van der Waals surface area contributed by atoms with Gasteiger partial charge in [-0.05, 0) is 45.1 Å². The van der Waals surface area contributed by atoms with Crippen LogP contribution in [0.3, 0.4) is 0 Å². The maximum Gasteiger partial charge on any atom is 0.241 e. The first-order valence-electron chi connectivity index (χ1n) is 7.12. The standard InChI is InChI=1S/C14H22N4O/c1-8-12(9(2)18(3)17-8)16-14(19)13-11-6-4-5-10(11)7-15-13/h10-11,13,15H,4-7H2,1-3H3,(H,16,19). The minimum atomic E-state index is -0.0218. The first-order valence-corrected chi connectivity index (χ1v) is 7.12. The van der Waals surface area contributed by atoms with Gasteiger partial charge < -0.3 is 10.6 Å². The molecule has 1 amide bonds. The average Bonchev–Trinajstić information content (AvgIpc) is 3.00. The summed E-state index contributed by atoms with van der Waals surface area (Å²) in [6, 6.07) is -0.0218. The molecule has 3 atom stereocenters. The van der Waals surface area contributed by atoms with Crippen LogP contribution < -0.4 is 10.6 Å². The molecular weight excluding hydrogens is 240 g/mol. The summed E-state index contributed by atoms with van der Waals surface area (Å²) in [4.78, 5) is 12.5. The number of aromatic nitrogens is 2. The minimum Gasteiger partial charge on any atom is -0.322 e. The molecule has 0 bridgehead atoms. The van der Waals surface area contributed by atoms with Crippen LogP contribution in [0.25, 0.3) is 0 Å². The molecule has 1 aromatic rings. The van der Waals surface area contributed by atoms with Gasteiger partial charge in [-0.3, -0.25) is 9.48 Å². The zero-order valence-corrected chi connectivity index (χ0v) is 11.9. The van der Waals surface area contributed by atoms with Gasteiger partial charge in [0, 0.05) is 7.05 Å². The van der Waals surface area contributed by atoms with Crippen molar-refractivity contribution in [3.05, 3.63) is 11.4 Å². The van der Waals surface area contributed by atoms with Gasteiger partial charge in [-0.2, -0.15) is 5.10 Å². The van der Waals surface area contributed by atoms with Gasteiger partial charge in [-0.15, -0.1) is 0 Å². The van der Waals surface area contributed by atoms with Crippen LogP contribution in [0.2, 0.25) is 0 Å². The third kappa shape index (κ3) is 2.06. The lowest BCUT2D eigenvalue weighted by Crippen LogP contribution is -2.39. The van der Waals surface area contributed by atoms with Crippen LogP contribution in [0, 0.1) is 25.7 Å². The molecule has 1 saturated heterocycles. The Morgan fingerprint density at radius 2 is 2.21 bits per heavy atom. The molecule has 1 aliphatic carbocycles. The number of carbonyl (C=O) groups is 1. The molecule has 104 valence electrons. The fourth-order valence-electron chi connectivity index (χ4n) is 3.63. The molecular formula is C14H22N4O. The van der Waals surface area contributed by atoms with Crippen LogP contribution in [-0.2, 0) is 11.8 Å². The van der Waals surface area contributed by atoms with Gasteiger partial charge in [-0.1, -0.05) is 6.42 Å². The molecule has 2 fully saturated rings. The number of nitrogens with zero attached hydrogens (tertiary/aromatic N) is 2. The van der Waals surface area contributed by atoms with Gasteiger partial charge in [0.1, 0.15) is 0 Å². The molecule has 2 heterocycles. The van der Waals surface area contributed by atoms with Crippen LogP contribution in [-0.4, -0.2) is 28.3 Å². The van der Waals surface area contributed by atoms with Crippen molar-refractivity contribution in [3.63, 3.8) is 0 Å². The van der Waals surface area contributed by atoms with E-state index >= 15 is 0 Å². The third-order valence-electron chi connectivity index (χ3n) is 4.79. The van der Waals surface area contributed by atoms with Crippen LogP contribution >= 0.6 is 0 Å². The van der Waals surface area contributed by atoms with E-state index in [1.54, 1.807) is 0 Å². The predicted molar refractivity (Wildman–Crippen MR) is 73.9 cm³/mol. The molecule has 1 aromatic heterocycles. The lowest BCUT2D eigenvalue weighted by molar-refractivity contribution is -0.118. The van der Waals surface area contributed by atoms with Crippen molar-refractivity contribution in [2.75, 3.05) is 11.9 Å². The minimum absolute atomic E-state index is 0.0218. The molecule has 19 heavy (non-hydrogen) atoms. The third-order valence-corrected chi connectivity index (χ3v) is 4.79. The van der Waals surface area contributed by atoms with Crippen molar-refractivity contribution >= 4 is 11.6 Å². The Morgan fingerprint density at radius 1 is 1.42 bits per heavy atom. The molecule has 1 saturated carbocycles. The number of hydrogen-bond acceptors (Lipinski definition) is 3. The monoisotopic (exact) mass is 262 g/mol. The summed E-state index contributed by atoms with van der Waals surface area (Å²) in [6.07, 6.45) is 3.72. The zero-order valence-electron chi connectivity index (χ0n) is 11.9. The lowest BCUT2D eigenvalue weighted by atomic mass is 9.93. The first-order chi connectivity index (χ1) is 9.08. The summed E-state index contributed by atoms with van der Waals surface area (Å²) < 4.78 is 1.81. The second-order valence-corrected chi connectivity index (χ2v) is 5.90. The number of aryl methyl sites for hydroxylation is 2. The Kier molecular flexibility index (Phi) is 3.09. The molecule has 5 heteroatoms. The molecule has 0 aromatic carbocycles. The SMILES string of the molecule is Cc1nn(C)c(C)c1NC(=O)C1NCC2CCCC21. The Hall–Kier alpha value is -1.36. The summed E-state index contributed by atoms with van der Waals surface area (Å²) in [5.41, 5.74) is 2.76. The van der Waals surface area contributed by atoms with Crippen LogP contribution in [0.1, 0.15) is 30.7 Å². The first kappa shape index (κ1) is 12.7. The van der Waals surface area contributed by atoms with Crippen molar-refractivity contribution in [3.8, 4) is 0 Å². The van der Waals surface area contributed by atoms with Crippen LogP contribution in [0.5, 0.6) is 0 Å². The average molecular weight is 262 g/mol. The molecule has 2 N–H and O–H groups in total.